The summed E-state index contributed by atoms with van der Waals surface area (Å²) in [5, 5.41) is 3.60. The lowest BCUT2D eigenvalue weighted by atomic mass is 9.81. The molecule has 19 heavy (non-hydrogen) atoms. The summed E-state index contributed by atoms with van der Waals surface area (Å²) >= 11 is 0. The maximum absolute atomic E-state index is 3.60. The molecule has 1 aromatic rings. The van der Waals surface area contributed by atoms with Gasteiger partial charge in [-0.25, -0.2) is 0 Å². The fourth-order valence-electron chi connectivity index (χ4n) is 3.25. The number of hydrogen-bond donors (Lipinski definition) is 1. The van der Waals surface area contributed by atoms with Gasteiger partial charge in [0.15, 0.2) is 0 Å². The third-order valence-corrected chi connectivity index (χ3v) is 4.53. The summed E-state index contributed by atoms with van der Waals surface area (Å²) in [6.45, 7) is 6.81. The van der Waals surface area contributed by atoms with Crippen LogP contribution >= 0.6 is 0 Å². The monoisotopic (exact) mass is 259 g/mol. The molecule has 1 aromatic carbocycles. The van der Waals surface area contributed by atoms with E-state index in [9.17, 15) is 0 Å². The van der Waals surface area contributed by atoms with Crippen LogP contribution in [0.1, 0.15) is 57.1 Å². The van der Waals surface area contributed by atoms with E-state index in [1.165, 1.54) is 49.8 Å². The zero-order valence-electron chi connectivity index (χ0n) is 12.6. The molecule has 0 radical (unpaired) electrons. The van der Waals surface area contributed by atoms with E-state index in [4.69, 9.17) is 0 Å². The van der Waals surface area contributed by atoms with Crippen LogP contribution < -0.4 is 5.32 Å². The fraction of sp³-hybridized carbons (Fsp3) is 0.667. The zero-order chi connectivity index (χ0) is 13.5. The van der Waals surface area contributed by atoms with Crippen LogP contribution in [0.4, 0.5) is 0 Å². The van der Waals surface area contributed by atoms with Crippen LogP contribution in [0.3, 0.4) is 0 Å². The SMILES string of the molecule is CCc1ccc(CNCCC2CCCC(C)C2)cc1. The van der Waals surface area contributed by atoms with Crippen molar-refractivity contribution in [2.24, 2.45) is 11.8 Å². The fourth-order valence-corrected chi connectivity index (χ4v) is 3.25. The van der Waals surface area contributed by atoms with E-state index < -0.39 is 0 Å². The van der Waals surface area contributed by atoms with Crippen molar-refractivity contribution < 1.29 is 0 Å². The van der Waals surface area contributed by atoms with Gasteiger partial charge < -0.3 is 5.32 Å². The Morgan fingerprint density at radius 2 is 1.84 bits per heavy atom. The third kappa shape index (κ3) is 4.99. The van der Waals surface area contributed by atoms with E-state index >= 15 is 0 Å². The van der Waals surface area contributed by atoms with Crippen LogP contribution in [0.5, 0.6) is 0 Å². The van der Waals surface area contributed by atoms with Crippen LogP contribution in [0.25, 0.3) is 0 Å². The average Bonchev–Trinajstić information content (AvgIpc) is 2.44. The minimum atomic E-state index is 0.959. The molecule has 2 rings (SSSR count). The van der Waals surface area contributed by atoms with Gasteiger partial charge in [0.25, 0.3) is 0 Å². The number of benzene rings is 1. The molecule has 2 unspecified atom stereocenters. The molecule has 1 aliphatic carbocycles. The molecule has 0 bridgehead atoms. The highest BCUT2D eigenvalue weighted by molar-refractivity contribution is 5.22. The predicted octanol–water partition coefficient (Wildman–Crippen LogP) is 4.56. The van der Waals surface area contributed by atoms with Gasteiger partial charge in [0.05, 0.1) is 0 Å². The van der Waals surface area contributed by atoms with Crippen molar-refractivity contribution in [1.29, 1.82) is 0 Å². The molecular weight excluding hydrogens is 230 g/mol. The van der Waals surface area contributed by atoms with E-state index in [2.05, 4.69) is 43.4 Å². The maximum Gasteiger partial charge on any atom is 0.0205 e. The highest BCUT2D eigenvalue weighted by Crippen LogP contribution is 2.30. The Morgan fingerprint density at radius 1 is 1.11 bits per heavy atom. The van der Waals surface area contributed by atoms with Crippen LogP contribution in [0.2, 0.25) is 0 Å². The van der Waals surface area contributed by atoms with E-state index in [0.29, 0.717) is 0 Å². The van der Waals surface area contributed by atoms with Gasteiger partial charge >= 0.3 is 0 Å². The number of nitrogens with one attached hydrogen (secondary N) is 1. The number of hydrogen-bond acceptors (Lipinski definition) is 1. The van der Waals surface area contributed by atoms with Gasteiger partial charge in [-0.1, -0.05) is 57.4 Å². The normalized spacial score (nSPS) is 23.5. The summed E-state index contributed by atoms with van der Waals surface area (Å²) in [6, 6.07) is 9.02. The Morgan fingerprint density at radius 3 is 2.53 bits per heavy atom. The topological polar surface area (TPSA) is 12.0 Å². The van der Waals surface area contributed by atoms with Gasteiger partial charge in [-0.05, 0) is 48.8 Å². The molecule has 0 amide bonds. The lowest BCUT2D eigenvalue weighted by molar-refractivity contribution is 0.267. The molecule has 0 aliphatic heterocycles. The average molecular weight is 259 g/mol. The summed E-state index contributed by atoms with van der Waals surface area (Å²) in [7, 11) is 0. The molecule has 0 heterocycles. The summed E-state index contributed by atoms with van der Waals surface area (Å²) < 4.78 is 0. The maximum atomic E-state index is 3.60. The van der Waals surface area contributed by atoms with Crippen LogP contribution in [-0.4, -0.2) is 6.54 Å². The van der Waals surface area contributed by atoms with Gasteiger partial charge in [-0.2, -0.15) is 0 Å². The second kappa shape index (κ2) is 7.69. The summed E-state index contributed by atoms with van der Waals surface area (Å²) in [5.41, 5.74) is 2.84. The predicted molar refractivity (Wildman–Crippen MR) is 83.3 cm³/mol. The molecule has 1 aliphatic rings. The first-order valence-corrected chi connectivity index (χ1v) is 8.06. The minimum Gasteiger partial charge on any atom is -0.313 e. The largest absolute Gasteiger partial charge is 0.313 e. The van der Waals surface area contributed by atoms with Crippen molar-refractivity contribution in [2.75, 3.05) is 6.54 Å². The van der Waals surface area contributed by atoms with Crippen molar-refractivity contribution >= 4 is 0 Å². The Kier molecular flexibility index (Phi) is 5.91. The quantitative estimate of drug-likeness (QED) is 0.739. The first kappa shape index (κ1) is 14.6. The van der Waals surface area contributed by atoms with Crippen molar-refractivity contribution in [3.63, 3.8) is 0 Å². The molecule has 106 valence electrons. The smallest absolute Gasteiger partial charge is 0.0205 e. The van der Waals surface area contributed by atoms with Crippen molar-refractivity contribution in [3.8, 4) is 0 Å². The molecule has 0 aromatic heterocycles. The molecular formula is C18H29N. The Labute approximate surface area is 118 Å². The van der Waals surface area contributed by atoms with Crippen molar-refractivity contribution in [2.45, 2.75) is 58.9 Å². The number of aryl methyl sites for hydroxylation is 1. The lowest BCUT2D eigenvalue weighted by Crippen LogP contribution is -2.21. The highest BCUT2D eigenvalue weighted by atomic mass is 14.8. The van der Waals surface area contributed by atoms with E-state index in [1.54, 1.807) is 0 Å². The molecule has 1 fully saturated rings. The van der Waals surface area contributed by atoms with Gasteiger partial charge in [0.1, 0.15) is 0 Å². The van der Waals surface area contributed by atoms with Crippen LogP contribution in [0, 0.1) is 11.8 Å². The summed E-state index contributed by atoms with van der Waals surface area (Å²) in [4.78, 5) is 0. The Balaban J connectivity index is 1.63. The van der Waals surface area contributed by atoms with Crippen molar-refractivity contribution in [1.82, 2.24) is 5.32 Å². The molecule has 1 nitrogen and oxygen atoms in total. The lowest BCUT2D eigenvalue weighted by Gasteiger charge is -2.26. The molecule has 1 saturated carbocycles. The second-order valence-electron chi connectivity index (χ2n) is 6.27. The van der Waals surface area contributed by atoms with E-state index in [1.807, 2.05) is 0 Å². The number of rotatable bonds is 6. The molecule has 1 N–H and O–H groups in total. The van der Waals surface area contributed by atoms with Gasteiger partial charge in [0, 0.05) is 6.54 Å². The zero-order valence-corrected chi connectivity index (χ0v) is 12.6. The van der Waals surface area contributed by atoms with Gasteiger partial charge in [-0.3, -0.25) is 0 Å². The molecule has 0 saturated heterocycles. The molecule has 2 atom stereocenters. The minimum absolute atomic E-state index is 0.959. The highest BCUT2D eigenvalue weighted by Gasteiger charge is 2.17. The van der Waals surface area contributed by atoms with Gasteiger partial charge in [0.2, 0.25) is 0 Å². The third-order valence-electron chi connectivity index (χ3n) is 4.53. The van der Waals surface area contributed by atoms with Crippen molar-refractivity contribution in [3.05, 3.63) is 35.4 Å². The molecule has 0 spiro atoms. The Hall–Kier alpha value is -0.820. The van der Waals surface area contributed by atoms with Gasteiger partial charge in [-0.15, -0.1) is 0 Å². The van der Waals surface area contributed by atoms with Crippen LogP contribution in [-0.2, 0) is 13.0 Å². The van der Waals surface area contributed by atoms with Crippen LogP contribution in [0.15, 0.2) is 24.3 Å². The summed E-state index contributed by atoms with van der Waals surface area (Å²) in [6.07, 6.45) is 8.30. The summed E-state index contributed by atoms with van der Waals surface area (Å²) in [5.74, 6) is 1.93. The Bertz CT molecular complexity index is 354. The van der Waals surface area contributed by atoms with E-state index in [0.717, 1.165) is 24.8 Å². The first-order chi connectivity index (χ1) is 9.28. The standard InChI is InChI=1S/C18H29N/c1-3-16-7-9-18(10-8-16)14-19-12-11-17-6-4-5-15(2)13-17/h7-10,15,17,19H,3-6,11-14H2,1-2H3. The molecule has 1 heteroatoms. The first-order valence-electron chi connectivity index (χ1n) is 8.06. The van der Waals surface area contributed by atoms with E-state index in [-0.39, 0.29) is 0 Å². The second-order valence-corrected chi connectivity index (χ2v) is 6.27.